The van der Waals surface area contributed by atoms with Gasteiger partial charge < -0.3 is 15.8 Å². The van der Waals surface area contributed by atoms with Gasteiger partial charge in [-0.1, -0.05) is 12.2 Å². The molecule has 0 aliphatic carbocycles. The first-order valence-electron chi connectivity index (χ1n) is 5.41. The van der Waals surface area contributed by atoms with E-state index in [0.717, 1.165) is 0 Å². The molecule has 1 aromatic carbocycles. The van der Waals surface area contributed by atoms with Crippen LogP contribution < -0.4 is 11.1 Å². The van der Waals surface area contributed by atoms with E-state index in [4.69, 9.17) is 22.7 Å². The fraction of sp³-hybridized carbons (Fsp3) is 0.333. The molecule has 1 amide bonds. The summed E-state index contributed by atoms with van der Waals surface area (Å²) in [5.74, 6) is -0.804. The third-order valence-electron chi connectivity index (χ3n) is 2.07. The molecule has 0 radical (unpaired) electrons. The number of thiocarbonyl (C=S) groups is 1. The first kappa shape index (κ1) is 14.5. The number of amides is 1. The van der Waals surface area contributed by atoms with Crippen LogP contribution in [-0.2, 0) is 9.53 Å². The van der Waals surface area contributed by atoms with Crippen molar-refractivity contribution in [2.45, 2.75) is 20.0 Å². The Bertz CT molecular complexity index is 463. The lowest BCUT2D eigenvalue weighted by Gasteiger charge is -2.11. The molecule has 0 unspecified atom stereocenters. The molecule has 3 N–H and O–H groups in total. The van der Waals surface area contributed by atoms with Crippen molar-refractivity contribution in [3.8, 4) is 0 Å². The number of anilines is 1. The Morgan fingerprint density at radius 1 is 1.56 bits per heavy atom. The first-order valence-corrected chi connectivity index (χ1v) is 5.81. The lowest BCUT2D eigenvalue weighted by Crippen LogP contribution is -2.23. The Hall–Kier alpha value is -1.53. The minimum atomic E-state index is -0.464. The smallest absolute Gasteiger partial charge is 0.250 e. The van der Waals surface area contributed by atoms with Crippen LogP contribution in [0, 0.1) is 5.82 Å². The van der Waals surface area contributed by atoms with Gasteiger partial charge in [0.2, 0.25) is 5.91 Å². The highest BCUT2D eigenvalue weighted by molar-refractivity contribution is 7.80. The van der Waals surface area contributed by atoms with Crippen LogP contribution in [0.15, 0.2) is 18.2 Å². The molecular formula is C12H15FN2O2S. The van der Waals surface area contributed by atoms with Crippen LogP contribution in [0.5, 0.6) is 0 Å². The maximum atomic E-state index is 13.0. The number of rotatable bonds is 5. The summed E-state index contributed by atoms with van der Waals surface area (Å²) >= 11 is 4.80. The molecule has 1 aromatic rings. The predicted octanol–water partition coefficient (Wildman–Crippen LogP) is 1.82. The van der Waals surface area contributed by atoms with E-state index in [1.165, 1.54) is 18.2 Å². The zero-order chi connectivity index (χ0) is 13.7. The number of ether oxygens (including phenoxy) is 1. The van der Waals surface area contributed by atoms with Gasteiger partial charge in [-0.25, -0.2) is 4.39 Å². The summed E-state index contributed by atoms with van der Waals surface area (Å²) in [6.45, 7) is 3.57. The second kappa shape index (κ2) is 6.42. The number of carbonyl (C=O) groups excluding carboxylic acids is 1. The summed E-state index contributed by atoms with van der Waals surface area (Å²) in [6, 6.07) is 3.82. The molecule has 0 aromatic heterocycles. The topological polar surface area (TPSA) is 64.3 Å². The van der Waals surface area contributed by atoms with E-state index in [9.17, 15) is 9.18 Å². The van der Waals surface area contributed by atoms with Gasteiger partial charge in [-0.3, -0.25) is 4.79 Å². The molecular weight excluding hydrogens is 255 g/mol. The number of halogens is 1. The third kappa shape index (κ3) is 4.38. The Morgan fingerprint density at radius 2 is 2.22 bits per heavy atom. The molecule has 0 aliphatic rings. The number of carbonyl (C=O) groups is 1. The molecule has 0 aliphatic heterocycles. The summed E-state index contributed by atoms with van der Waals surface area (Å²) in [6.07, 6.45) is -0.0426. The Kier molecular flexibility index (Phi) is 5.18. The molecule has 0 saturated carbocycles. The van der Waals surface area contributed by atoms with Crippen molar-refractivity contribution in [1.29, 1.82) is 0 Å². The van der Waals surface area contributed by atoms with Gasteiger partial charge in [0, 0.05) is 5.56 Å². The van der Waals surface area contributed by atoms with Crippen molar-refractivity contribution in [1.82, 2.24) is 0 Å². The molecule has 0 spiro atoms. The highest BCUT2D eigenvalue weighted by Crippen LogP contribution is 2.17. The molecule has 0 saturated heterocycles. The van der Waals surface area contributed by atoms with Crippen molar-refractivity contribution in [2.24, 2.45) is 5.73 Å². The predicted molar refractivity (Wildman–Crippen MR) is 72.0 cm³/mol. The monoisotopic (exact) mass is 270 g/mol. The highest BCUT2D eigenvalue weighted by atomic mass is 32.1. The van der Waals surface area contributed by atoms with Gasteiger partial charge in [-0.05, 0) is 32.0 Å². The quantitative estimate of drug-likeness (QED) is 0.801. The van der Waals surface area contributed by atoms with Crippen LogP contribution >= 0.6 is 12.2 Å². The van der Waals surface area contributed by atoms with Crippen molar-refractivity contribution in [3.05, 3.63) is 29.6 Å². The normalized spacial score (nSPS) is 10.4. The lowest BCUT2D eigenvalue weighted by atomic mass is 10.1. The van der Waals surface area contributed by atoms with Crippen LogP contribution in [0.2, 0.25) is 0 Å². The van der Waals surface area contributed by atoms with Gasteiger partial charge in [0.05, 0.1) is 11.8 Å². The number of nitrogens with one attached hydrogen (secondary N) is 1. The third-order valence-corrected chi connectivity index (χ3v) is 2.29. The molecule has 0 atom stereocenters. The Labute approximate surface area is 110 Å². The average molecular weight is 270 g/mol. The SMILES string of the molecule is CC(C)OCC(=O)Nc1ccc(F)cc1C(N)=S. The molecule has 6 heteroatoms. The maximum Gasteiger partial charge on any atom is 0.250 e. The van der Waals surface area contributed by atoms with E-state index in [2.05, 4.69) is 5.32 Å². The summed E-state index contributed by atoms with van der Waals surface area (Å²) in [5, 5.41) is 2.58. The number of benzene rings is 1. The van der Waals surface area contributed by atoms with Gasteiger partial charge >= 0.3 is 0 Å². The highest BCUT2D eigenvalue weighted by Gasteiger charge is 2.10. The second-order valence-electron chi connectivity index (χ2n) is 3.96. The summed E-state index contributed by atoms with van der Waals surface area (Å²) in [4.78, 5) is 11.6. The van der Waals surface area contributed by atoms with Crippen molar-refractivity contribution < 1.29 is 13.9 Å². The van der Waals surface area contributed by atoms with E-state index in [-0.39, 0.29) is 23.6 Å². The zero-order valence-electron chi connectivity index (χ0n) is 10.2. The van der Waals surface area contributed by atoms with Gasteiger partial charge in [-0.2, -0.15) is 0 Å². The number of hydrogen-bond donors (Lipinski definition) is 2. The van der Waals surface area contributed by atoms with Crippen LogP contribution in [-0.4, -0.2) is 23.6 Å². The summed E-state index contributed by atoms with van der Waals surface area (Å²) in [5.41, 5.74) is 6.13. The minimum Gasteiger partial charge on any atom is -0.389 e. The van der Waals surface area contributed by atoms with E-state index in [1.54, 1.807) is 0 Å². The van der Waals surface area contributed by atoms with Crippen molar-refractivity contribution >= 4 is 28.8 Å². The number of nitrogens with two attached hydrogens (primary N) is 1. The zero-order valence-corrected chi connectivity index (χ0v) is 11.0. The molecule has 1 rings (SSSR count). The van der Waals surface area contributed by atoms with E-state index in [0.29, 0.717) is 11.3 Å². The first-order chi connectivity index (χ1) is 8.40. The summed E-state index contributed by atoms with van der Waals surface area (Å²) < 4.78 is 18.2. The average Bonchev–Trinajstić information content (AvgIpc) is 2.28. The van der Waals surface area contributed by atoms with Gasteiger partial charge in [0.25, 0.3) is 0 Å². The molecule has 0 fully saturated rings. The standard InChI is InChI=1S/C12H15FN2O2S/c1-7(2)17-6-11(16)15-10-4-3-8(13)5-9(10)12(14)18/h3-5,7H,6H2,1-2H3,(H2,14,18)(H,15,16). The molecule has 0 bridgehead atoms. The van der Waals surface area contributed by atoms with Crippen LogP contribution in [0.25, 0.3) is 0 Å². The number of hydrogen-bond acceptors (Lipinski definition) is 3. The van der Waals surface area contributed by atoms with Gasteiger partial charge in [0.1, 0.15) is 17.4 Å². The fourth-order valence-corrected chi connectivity index (χ4v) is 1.43. The van der Waals surface area contributed by atoms with E-state index < -0.39 is 5.82 Å². The summed E-state index contributed by atoms with van der Waals surface area (Å²) in [7, 11) is 0. The van der Waals surface area contributed by atoms with E-state index >= 15 is 0 Å². The largest absolute Gasteiger partial charge is 0.389 e. The van der Waals surface area contributed by atoms with Crippen molar-refractivity contribution in [2.75, 3.05) is 11.9 Å². The van der Waals surface area contributed by atoms with E-state index in [1.807, 2.05) is 13.8 Å². The van der Waals surface area contributed by atoms with Crippen LogP contribution in [0.3, 0.4) is 0 Å². The Balaban J connectivity index is 2.78. The minimum absolute atomic E-state index is 0.0228. The molecule has 98 valence electrons. The maximum absolute atomic E-state index is 13.0. The van der Waals surface area contributed by atoms with Gasteiger partial charge in [0.15, 0.2) is 0 Å². The van der Waals surface area contributed by atoms with Crippen LogP contribution in [0.1, 0.15) is 19.4 Å². The fourth-order valence-electron chi connectivity index (χ4n) is 1.26. The molecule has 18 heavy (non-hydrogen) atoms. The van der Waals surface area contributed by atoms with Crippen molar-refractivity contribution in [3.63, 3.8) is 0 Å². The Morgan fingerprint density at radius 3 is 2.78 bits per heavy atom. The lowest BCUT2D eigenvalue weighted by molar-refractivity contribution is -0.121. The van der Waals surface area contributed by atoms with Crippen LogP contribution in [0.4, 0.5) is 10.1 Å². The molecule has 4 nitrogen and oxygen atoms in total. The molecule has 0 heterocycles. The van der Waals surface area contributed by atoms with Gasteiger partial charge in [-0.15, -0.1) is 0 Å². The second-order valence-corrected chi connectivity index (χ2v) is 4.40.